The lowest BCUT2D eigenvalue weighted by Gasteiger charge is -2.30. The summed E-state index contributed by atoms with van der Waals surface area (Å²) in [6.07, 6.45) is 15.2. The van der Waals surface area contributed by atoms with Gasteiger partial charge < -0.3 is 34.8 Å². The molecule has 2 aliphatic rings. The first-order valence-electron chi connectivity index (χ1n) is 6.05. The van der Waals surface area contributed by atoms with Gasteiger partial charge in [0, 0.05) is 5.92 Å². The molecule has 2 rings (SSSR count). The van der Waals surface area contributed by atoms with Crippen molar-refractivity contribution in [3.05, 3.63) is 53.3 Å². The van der Waals surface area contributed by atoms with Gasteiger partial charge in [-0.15, -0.1) is 5.70 Å². The van der Waals surface area contributed by atoms with E-state index in [1.165, 1.54) is 11.4 Å². The SMILES string of the molecule is CC1CC=CC=C1[N-][NH2+]C1=CC=CCC1C.[I-]. The minimum absolute atomic E-state index is 0. The number of hydrogen-bond donors (Lipinski definition) is 1. The van der Waals surface area contributed by atoms with E-state index < -0.39 is 0 Å². The lowest BCUT2D eigenvalue weighted by molar-refractivity contribution is -0.560. The summed E-state index contributed by atoms with van der Waals surface area (Å²) in [6.45, 7) is 4.48. The average molecular weight is 343 g/mol. The molecule has 0 aromatic heterocycles. The summed E-state index contributed by atoms with van der Waals surface area (Å²) < 4.78 is 0. The van der Waals surface area contributed by atoms with Crippen LogP contribution in [0.1, 0.15) is 26.7 Å². The third-order valence-electron chi connectivity index (χ3n) is 3.24. The highest BCUT2D eigenvalue weighted by Gasteiger charge is 2.11. The Morgan fingerprint density at radius 2 is 1.71 bits per heavy atom. The number of hydrogen-bond acceptors (Lipinski definition) is 0. The van der Waals surface area contributed by atoms with Gasteiger partial charge in [-0.1, -0.05) is 44.2 Å². The second-order valence-electron chi connectivity index (χ2n) is 4.65. The van der Waals surface area contributed by atoms with Gasteiger partial charge in [-0.3, -0.25) is 0 Å². The fraction of sp³-hybridized carbons (Fsp3) is 0.429. The number of rotatable bonds is 3. The predicted molar refractivity (Wildman–Crippen MR) is 67.3 cm³/mol. The topological polar surface area (TPSA) is 30.7 Å². The molecule has 0 amide bonds. The van der Waals surface area contributed by atoms with E-state index in [9.17, 15) is 0 Å². The van der Waals surface area contributed by atoms with Crippen molar-refractivity contribution in [2.75, 3.05) is 0 Å². The zero-order valence-electron chi connectivity index (χ0n) is 10.4. The average Bonchev–Trinajstić information content (AvgIpc) is 2.30. The Hall–Kier alpha value is -0.550. The van der Waals surface area contributed by atoms with Crippen LogP contribution >= 0.6 is 0 Å². The van der Waals surface area contributed by atoms with Crippen molar-refractivity contribution in [1.82, 2.24) is 0 Å². The molecular formula is C14H20IN2-. The minimum atomic E-state index is 0. The molecule has 0 bridgehead atoms. The lowest BCUT2D eigenvalue weighted by atomic mass is 9.98. The van der Waals surface area contributed by atoms with Crippen LogP contribution < -0.4 is 29.4 Å². The smallest absolute Gasteiger partial charge is 0.104 e. The van der Waals surface area contributed by atoms with Gasteiger partial charge in [-0.2, -0.15) is 0 Å². The Kier molecular flexibility index (Phi) is 5.98. The largest absolute Gasteiger partial charge is 1.00 e. The molecule has 0 saturated carbocycles. The van der Waals surface area contributed by atoms with E-state index in [0.29, 0.717) is 11.8 Å². The van der Waals surface area contributed by atoms with Crippen molar-refractivity contribution >= 4 is 0 Å². The van der Waals surface area contributed by atoms with E-state index in [4.69, 9.17) is 0 Å². The molecule has 0 aromatic rings. The maximum Gasteiger partial charge on any atom is 0.104 e. The minimum Gasteiger partial charge on any atom is -1.00 e. The van der Waals surface area contributed by atoms with Crippen molar-refractivity contribution < 1.29 is 29.4 Å². The van der Waals surface area contributed by atoms with E-state index in [1.54, 1.807) is 0 Å². The Morgan fingerprint density at radius 3 is 2.35 bits per heavy atom. The van der Waals surface area contributed by atoms with Crippen molar-refractivity contribution in [3.63, 3.8) is 0 Å². The standard InChI is InChI=1S/C14H20N2.HI/c1-11-7-3-5-9-13(11)15-16-14-10-6-4-8-12(14)2;/h3-6,9-12H,7-8,15H2,1-2H3;1H/p-1. The molecule has 2 N–H and O–H groups in total. The second kappa shape index (κ2) is 7.01. The summed E-state index contributed by atoms with van der Waals surface area (Å²) in [7, 11) is 0. The molecule has 2 aliphatic carbocycles. The van der Waals surface area contributed by atoms with Gasteiger partial charge in [0.05, 0.1) is 0 Å². The Balaban J connectivity index is 0.00000144. The van der Waals surface area contributed by atoms with E-state index in [0.717, 1.165) is 12.8 Å². The number of quaternary nitrogens is 1. The maximum absolute atomic E-state index is 4.62. The summed E-state index contributed by atoms with van der Waals surface area (Å²) in [5, 5.41) is 0. The molecule has 0 aromatic carbocycles. The molecule has 94 valence electrons. The molecule has 2 unspecified atom stereocenters. The quantitative estimate of drug-likeness (QED) is 0.418. The third kappa shape index (κ3) is 4.00. The molecule has 0 spiro atoms. The summed E-state index contributed by atoms with van der Waals surface area (Å²) in [6, 6.07) is 0. The van der Waals surface area contributed by atoms with Crippen LogP contribution in [-0.2, 0) is 0 Å². The zero-order valence-corrected chi connectivity index (χ0v) is 12.6. The monoisotopic (exact) mass is 343 g/mol. The zero-order chi connectivity index (χ0) is 11.4. The summed E-state index contributed by atoms with van der Waals surface area (Å²) >= 11 is 0. The summed E-state index contributed by atoms with van der Waals surface area (Å²) in [4.78, 5) is 0. The Labute approximate surface area is 121 Å². The fourth-order valence-electron chi connectivity index (χ4n) is 1.99. The van der Waals surface area contributed by atoms with Gasteiger partial charge >= 0.3 is 0 Å². The highest BCUT2D eigenvalue weighted by molar-refractivity contribution is 5.26. The number of nitrogens with two attached hydrogens (primary N) is 1. The molecule has 0 saturated heterocycles. The van der Waals surface area contributed by atoms with Crippen molar-refractivity contribution in [1.29, 1.82) is 0 Å². The van der Waals surface area contributed by atoms with Gasteiger partial charge in [0.25, 0.3) is 0 Å². The normalized spacial score (nSPS) is 26.9. The second-order valence-corrected chi connectivity index (χ2v) is 4.65. The van der Waals surface area contributed by atoms with Crippen LogP contribution in [-0.4, -0.2) is 0 Å². The first-order valence-corrected chi connectivity index (χ1v) is 6.05. The molecule has 0 radical (unpaired) electrons. The first kappa shape index (κ1) is 14.5. The van der Waals surface area contributed by atoms with Crippen LogP contribution in [0.4, 0.5) is 0 Å². The molecule has 0 heterocycles. The summed E-state index contributed by atoms with van der Waals surface area (Å²) in [5.74, 6) is 1.15. The fourth-order valence-corrected chi connectivity index (χ4v) is 1.99. The van der Waals surface area contributed by atoms with Crippen LogP contribution in [0.25, 0.3) is 5.43 Å². The van der Waals surface area contributed by atoms with Gasteiger partial charge in [0.15, 0.2) is 0 Å². The molecule has 17 heavy (non-hydrogen) atoms. The van der Waals surface area contributed by atoms with Gasteiger partial charge in [-0.25, -0.2) is 0 Å². The number of halogens is 1. The van der Waals surface area contributed by atoms with Crippen molar-refractivity contribution in [2.45, 2.75) is 26.7 Å². The van der Waals surface area contributed by atoms with E-state index in [-0.39, 0.29) is 24.0 Å². The lowest BCUT2D eigenvalue weighted by Crippen LogP contribution is -3.00. The molecule has 0 aliphatic heterocycles. The molecule has 0 fully saturated rings. The Bertz CT molecular complexity index is 330. The number of nitrogens with zero attached hydrogens (tertiary/aromatic N) is 1. The van der Waals surface area contributed by atoms with Gasteiger partial charge in [0.2, 0.25) is 0 Å². The van der Waals surface area contributed by atoms with E-state index in [1.807, 2.05) is 5.43 Å². The van der Waals surface area contributed by atoms with Crippen LogP contribution in [0.15, 0.2) is 47.9 Å². The molecular weight excluding hydrogens is 323 g/mol. The van der Waals surface area contributed by atoms with Gasteiger partial charge in [0.1, 0.15) is 5.70 Å². The van der Waals surface area contributed by atoms with E-state index in [2.05, 4.69) is 55.7 Å². The van der Waals surface area contributed by atoms with Crippen LogP contribution in [0.3, 0.4) is 0 Å². The van der Waals surface area contributed by atoms with Crippen molar-refractivity contribution in [2.24, 2.45) is 11.8 Å². The predicted octanol–water partition coefficient (Wildman–Crippen LogP) is -0.198. The third-order valence-corrected chi connectivity index (χ3v) is 3.24. The van der Waals surface area contributed by atoms with Crippen LogP contribution in [0.2, 0.25) is 0 Å². The highest BCUT2D eigenvalue weighted by atomic mass is 127. The van der Waals surface area contributed by atoms with Gasteiger partial charge in [-0.05, 0) is 24.8 Å². The van der Waals surface area contributed by atoms with Crippen LogP contribution in [0, 0.1) is 11.8 Å². The summed E-state index contributed by atoms with van der Waals surface area (Å²) in [5.41, 5.74) is 9.20. The maximum atomic E-state index is 4.62. The highest BCUT2D eigenvalue weighted by Crippen LogP contribution is 2.22. The number of allylic oxidation sites excluding steroid dienone is 8. The first-order chi connectivity index (χ1) is 7.77. The van der Waals surface area contributed by atoms with Crippen LogP contribution in [0.5, 0.6) is 0 Å². The molecule has 2 nitrogen and oxygen atoms in total. The Morgan fingerprint density at radius 1 is 1.06 bits per heavy atom. The van der Waals surface area contributed by atoms with E-state index >= 15 is 0 Å². The van der Waals surface area contributed by atoms with Crippen molar-refractivity contribution in [3.8, 4) is 0 Å². The molecule has 3 heteroatoms. The molecule has 2 atom stereocenters.